The maximum atomic E-state index is 9.86. The Kier molecular flexibility index (Phi) is 2.33. The molecular weight excluding hydrogens is 202 g/mol. The minimum Gasteiger partial charge on any atom is -0.467 e. The molecule has 84 valence electrons. The lowest BCUT2D eigenvalue weighted by atomic mass is 9.95. The number of rotatable bonds is 2. The van der Waals surface area contributed by atoms with E-state index in [1.54, 1.807) is 6.26 Å². The quantitative estimate of drug-likeness (QED) is 0.839. The zero-order chi connectivity index (χ0) is 11.0. The summed E-state index contributed by atoms with van der Waals surface area (Å²) in [6, 6.07) is 5.91. The summed E-state index contributed by atoms with van der Waals surface area (Å²) in [7, 11) is 0. The van der Waals surface area contributed by atoms with E-state index in [0.29, 0.717) is 0 Å². The van der Waals surface area contributed by atoms with E-state index in [9.17, 15) is 5.11 Å². The number of fused-ring (bicyclic) bond motifs is 1. The molecular formula is C13H15NO2. The largest absolute Gasteiger partial charge is 0.467 e. The summed E-state index contributed by atoms with van der Waals surface area (Å²) < 4.78 is 7.52. The Hall–Kier alpha value is -1.48. The second kappa shape index (κ2) is 3.83. The molecule has 0 radical (unpaired) electrons. The first-order chi connectivity index (χ1) is 7.84. The molecule has 3 nitrogen and oxygen atoms in total. The molecule has 0 spiro atoms. The van der Waals surface area contributed by atoms with Crippen LogP contribution >= 0.6 is 0 Å². The number of hydrogen-bond donors (Lipinski definition) is 1. The standard InChI is InChI=1S/C13H15NO2/c15-13-5-1-4-12-11(13)6-7-14(12)9-10-3-2-8-16-10/h2-3,6-8,13,15H,1,4-5,9H2. The summed E-state index contributed by atoms with van der Waals surface area (Å²) in [5.74, 6) is 0.957. The first-order valence-corrected chi connectivity index (χ1v) is 5.73. The molecule has 1 unspecified atom stereocenters. The van der Waals surface area contributed by atoms with Gasteiger partial charge in [-0.2, -0.15) is 0 Å². The van der Waals surface area contributed by atoms with Crippen LogP contribution in [0.15, 0.2) is 35.1 Å². The molecule has 16 heavy (non-hydrogen) atoms. The molecule has 0 amide bonds. The fraction of sp³-hybridized carbons (Fsp3) is 0.385. The fourth-order valence-electron chi connectivity index (χ4n) is 2.45. The average Bonchev–Trinajstić information content (AvgIpc) is 2.90. The highest BCUT2D eigenvalue weighted by Gasteiger charge is 2.21. The van der Waals surface area contributed by atoms with E-state index < -0.39 is 0 Å². The van der Waals surface area contributed by atoms with Crippen LogP contribution in [0.3, 0.4) is 0 Å². The van der Waals surface area contributed by atoms with Crippen molar-refractivity contribution < 1.29 is 9.52 Å². The van der Waals surface area contributed by atoms with Crippen molar-refractivity contribution in [2.24, 2.45) is 0 Å². The molecule has 3 heteroatoms. The van der Waals surface area contributed by atoms with Crippen LogP contribution in [0.5, 0.6) is 0 Å². The third kappa shape index (κ3) is 1.57. The SMILES string of the molecule is OC1CCCc2c1ccn2Cc1ccco1. The summed E-state index contributed by atoms with van der Waals surface area (Å²) in [5.41, 5.74) is 2.35. The minimum absolute atomic E-state index is 0.276. The number of nitrogens with zero attached hydrogens (tertiary/aromatic N) is 1. The van der Waals surface area contributed by atoms with E-state index in [4.69, 9.17) is 4.42 Å². The predicted octanol–water partition coefficient (Wildman–Crippen LogP) is 2.50. The van der Waals surface area contributed by atoms with Gasteiger partial charge in [-0.3, -0.25) is 0 Å². The van der Waals surface area contributed by atoms with Crippen LogP contribution < -0.4 is 0 Å². The first-order valence-electron chi connectivity index (χ1n) is 5.73. The molecule has 3 rings (SSSR count). The summed E-state index contributed by atoms with van der Waals surface area (Å²) in [6.45, 7) is 0.759. The molecule has 2 aromatic heterocycles. The molecule has 2 aromatic rings. The second-order valence-corrected chi connectivity index (χ2v) is 4.33. The van der Waals surface area contributed by atoms with Crippen molar-refractivity contribution in [1.82, 2.24) is 4.57 Å². The highest BCUT2D eigenvalue weighted by atomic mass is 16.3. The zero-order valence-electron chi connectivity index (χ0n) is 9.10. The van der Waals surface area contributed by atoms with E-state index in [2.05, 4.69) is 4.57 Å². The number of hydrogen-bond acceptors (Lipinski definition) is 2. The van der Waals surface area contributed by atoms with E-state index in [0.717, 1.165) is 37.1 Å². The number of aliphatic hydroxyl groups is 1. The molecule has 0 aromatic carbocycles. The van der Waals surface area contributed by atoms with Crippen LogP contribution in [0, 0.1) is 0 Å². The van der Waals surface area contributed by atoms with Crippen LogP contribution in [-0.2, 0) is 13.0 Å². The van der Waals surface area contributed by atoms with Gasteiger partial charge in [0, 0.05) is 17.5 Å². The van der Waals surface area contributed by atoms with Crippen molar-refractivity contribution in [3.8, 4) is 0 Å². The molecule has 0 aliphatic heterocycles. The zero-order valence-corrected chi connectivity index (χ0v) is 9.10. The Morgan fingerprint density at radius 2 is 2.38 bits per heavy atom. The molecule has 0 bridgehead atoms. The molecule has 1 N–H and O–H groups in total. The topological polar surface area (TPSA) is 38.3 Å². The smallest absolute Gasteiger partial charge is 0.123 e. The lowest BCUT2D eigenvalue weighted by molar-refractivity contribution is 0.155. The van der Waals surface area contributed by atoms with Crippen molar-refractivity contribution in [3.05, 3.63) is 47.7 Å². The maximum Gasteiger partial charge on any atom is 0.123 e. The van der Waals surface area contributed by atoms with Gasteiger partial charge < -0.3 is 14.1 Å². The molecule has 0 saturated carbocycles. The van der Waals surface area contributed by atoms with Gasteiger partial charge in [-0.1, -0.05) is 0 Å². The van der Waals surface area contributed by atoms with E-state index in [1.165, 1.54) is 5.69 Å². The average molecular weight is 217 g/mol. The van der Waals surface area contributed by atoms with Crippen LogP contribution in [-0.4, -0.2) is 9.67 Å². The Bertz CT molecular complexity index is 470. The number of aliphatic hydroxyl groups excluding tert-OH is 1. The second-order valence-electron chi connectivity index (χ2n) is 4.33. The first kappa shape index (κ1) is 9.73. The van der Waals surface area contributed by atoms with Gasteiger partial charge >= 0.3 is 0 Å². The maximum absolute atomic E-state index is 9.86. The highest BCUT2D eigenvalue weighted by Crippen LogP contribution is 2.30. The fourth-order valence-corrected chi connectivity index (χ4v) is 2.45. The minimum atomic E-state index is -0.276. The molecule has 1 aliphatic rings. The number of aromatic nitrogens is 1. The van der Waals surface area contributed by atoms with Gasteiger partial charge in [-0.15, -0.1) is 0 Å². The predicted molar refractivity (Wildman–Crippen MR) is 60.1 cm³/mol. The molecule has 0 fully saturated rings. The Balaban J connectivity index is 1.91. The highest BCUT2D eigenvalue weighted by molar-refractivity contribution is 5.27. The van der Waals surface area contributed by atoms with Crippen molar-refractivity contribution in [3.63, 3.8) is 0 Å². The van der Waals surface area contributed by atoms with Gasteiger partial charge in [0.2, 0.25) is 0 Å². The van der Waals surface area contributed by atoms with Crippen LogP contribution in [0.25, 0.3) is 0 Å². The summed E-state index contributed by atoms with van der Waals surface area (Å²) >= 11 is 0. The van der Waals surface area contributed by atoms with Crippen LogP contribution in [0.4, 0.5) is 0 Å². The molecule has 1 atom stereocenters. The van der Waals surface area contributed by atoms with Crippen molar-refractivity contribution in [2.45, 2.75) is 31.9 Å². The Morgan fingerprint density at radius 1 is 1.44 bits per heavy atom. The van der Waals surface area contributed by atoms with Crippen molar-refractivity contribution >= 4 is 0 Å². The van der Waals surface area contributed by atoms with Gasteiger partial charge in [-0.25, -0.2) is 0 Å². The van der Waals surface area contributed by atoms with Gasteiger partial charge in [0.15, 0.2) is 0 Å². The molecule has 1 aliphatic carbocycles. The van der Waals surface area contributed by atoms with Gasteiger partial charge in [-0.05, 0) is 37.5 Å². The van der Waals surface area contributed by atoms with Crippen molar-refractivity contribution in [1.29, 1.82) is 0 Å². The lowest BCUT2D eigenvalue weighted by Gasteiger charge is -2.19. The third-order valence-electron chi connectivity index (χ3n) is 3.27. The van der Waals surface area contributed by atoms with Crippen molar-refractivity contribution in [2.75, 3.05) is 0 Å². The number of furan rings is 1. The van der Waals surface area contributed by atoms with E-state index in [-0.39, 0.29) is 6.10 Å². The van der Waals surface area contributed by atoms with E-state index in [1.807, 2.05) is 24.4 Å². The summed E-state index contributed by atoms with van der Waals surface area (Å²) in [5, 5.41) is 9.86. The van der Waals surface area contributed by atoms with Gasteiger partial charge in [0.25, 0.3) is 0 Å². The van der Waals surface area contributed by atoms with Gasteiger partial charge in [0.05, 0.1) is 18.9 Å². The molecule has 0 saturated heterocycles. The monoisotopic (exact) mass is 217 g/mol. The Labute approximate surface area is 94.3 Å². The molecule has 2 heterocycles. The summed E-state index contributed by atoms with van der Waals surface area (Å²) in [4.78, 5) is 0. The van der Waals surface area contributed by atoms with Gasteiger partial charge in [0.1, 0.15) is 5.76 Å². The Morgan fingerprint density at radius 3 is 3.19 bits per heavy atom. The van der Waals surface area contributed by atoms with E-state index >= 15 is 0 Å². The van der Waals surface area contributed by atoms with Crippen LogP contribution in [0.1, 0.15) is 36.0 Å². The third-order valence-corrected chi connectivity index (χ3v) is 3.27. The van der Waals surface area contributed by atoms with Crippen LogP contribution in [0.2, 0.25) is 0 Å². The normalized spacial score (nSPS) is 19.7. The summed E-state index contributed by atoms with van der Waals surface area (Å²) in [6.07, 6.45) is 6.47. The lowest BCUT2D eigenvalue weighted by Crippen LogP contribution is -2.12.